The number of hydrogen-bond acceptors (Lipinski definition) is 7. The van der Waals surface area contributed by atoms with Gasteiger partial charge >= 0.3 is 12.1 Å². The lowest BCUT2D eigenvalue weighted by Crippen LogP contribution is -2.32. The number of carbonyl (C=O) groups is 2. The number of amides is 3. The summed E-state index contributed by atoms with van der Waals surface area (Å²) < 4.78 is 40.8. The van der Waals surface area contributed by atoms with Crippen LogP contribution in [0.4, 0.5) is 24.1 Å². The van der Waals surface area contributed by atoms with Crippen LogP contribution in [0.2, 0.25) is 0 Å². The van der Waals surface area contributed by atoms with E-state index in [9.17, 15) is 23.5 Å². The molecule has 40 heavy (non-hydrogen) atoms. The highest BCUT2D eigenvalue weighted by Crippen LogP contribution is 2.39. The fraction of sp³-hybridized carbons (Fsp3) is 0.259. The lowest BCUT2D eigenvalue weighted by molar-refractivity contribution is 0.115. The van der Waals surface area contributed by atoms with Gasteiger partial charge in [0.25, 0.3) is 0 Å². The van der Waals surface area contributed by atoms with E-state index in [-0.39, 0.29) is 42.9 Å². The van der Waals surface area contributed by atoms with Crippen LogP contribution in [0, 0.1) is 11.6 Å². The van der Waals surface area contributed by atoms with E-state index >= 15 is 0 Å². The number of ether oxygens (including phenoxy) is 2. The highest BCUT2D eigenvalue weighted by Gasteiger charge is 2.24. The van der Waals surface area contributed by atoms with Crippen LogP contribution in [0.1, 0.15) is 18.4 Å². The van der Waals surface area contributed by atoms with Gasteiger partial charge in [0.15, 0.2) is 11.6 Å². The van der Waals surface area contributed by atoms with Crippen molar-refractivity contribution < 1.29 is 33.0 Å². The molecule has 0 spiro atoms. The van der Waals surface area contributed by atoms with E-state index in [1.807, 2.05) is 0 Å². The number of methoxy groups -OCH3 is 1. The van der Waals surface area contributed by atoms with Crippen LogP contribution in [0.25, 0.3) is 20.8 Å². The lowest BCUT2D eigenvalue weighted by atomic mass is 10.2. The maximum Gasteiger partial charge on any atom is 0.407 e. The highest BCUT2D eigenvalue weighted by molar-refractivity contribution is 7.22. The second-order valence-electron chi connectivity index (χ2n) is 9.10. The Morgan fingerprint density at radius 2 is 1.95 bits per heavy atom. The molecule has 0 saturated heterocycles. The van der Waals surface area contributed by atoms with E-state index < -0.39 is 23.8 Å². The summed E-state index contributed by atoms with van der Waals surface area (Å²) in [6.45, 7) is 0.684. The molecule has 13 heteroatoms. The van der Waals surface area contributed by atoms with Crippen LogP contribution >= 0.6 is 11.3 Å². The number of nitrogens with one attached hydrogen (secondary N) is 2. The summed E-state index contributed by atoms with van der Waals surface area (Å²) >= 11 is 1.31. The van der Waals surface area contributed by atoms with Gasteiger partial charge in [-0.3, -0.25) is 9.97 Å². The van der Waals surface area contributed by atoms with Crippen molar-refractivity contribution in [1.29, 1.82) is 0 Å². The molecule has 4 aromatic rings. The summed E-state index contributed by atoms with van der Waals surface area (Å²) in [6.07, 6.45) is 3.78. The molecule has 0 aliphatic heterocycles. The van der Waals surface area contributed by atoms with Crippen LogP contribution in [0.3, 0.4) is 0 Å². The molecule has 3 heterocycles. The first-order chi connectivity index (χ1) is 19.3. The van der Waals surface area contributed by atoms with Gasteiger partial charge in [0.2, 0.25) is 5.82 Å². The summed E-state index contributed by atoms with van der Waals surface area (Å²) in [4.78, 5) is 34.2. The molecule has 5 rings (SSSR count). The molecule has 3 amide bonds. The standard InChI is InChI=1S/C27H25F2N5O5S/c1-38-11-10-34(27(36)37)14-15-2-5-17(31-13-15)22-12-19-25(40-22)21(8-9-30-19)39-20-7-6-18(23(28)24(20)29)33-26(35)32-16-3-4-16/h2,5-9,12-13,16H,3-4,10-11,14H2,1H3,(H,36,37)(H2,32,33,35). The molecule has 1 aliphatic carbocycles. The van der Waals surface area contributed by atoms with Crippen molar-refractivity contribution in [3.63, 3.8) is 0 Å². The molecule has 1 aliphatic rings. The number of fused-ring (bicyclic) bond motifs is 1. The van der Waals surface area contributed by atoms with E-state index in [4.69, 9.17) is 9.47 Å². The minimum Gasteiger partial charge on any atom is -0.465 e. The van der Waals surface area contributed by atoms with E-state index in [1.165, 1.54) is 41.7 Å². The zero-order valence-corrected chi connectivity index (χ0v) is 22.1. The molecular formula is C27H25F2N5O5S. The Morgan fingerprint density at radius 1 is 1.12 bits per heavy atom. The largest absolute Gasteiger partial charge is 0.465 e. The Labute approximate surface area is 231 Å². The van der Waals surface area contributed by atoms with Gasteiger partial charge in [-0.25, -0.2) is 14.0 Å². The first kappa shape index (κ1) is 27.2. The number of hydrogen-bond donors (Lipinski definition) is 3. The van der Waals surface area contributed by atoms with Gasteiger partial charge in [-0.05, 0) is 42.7 Å². The second-order valence-corrected chi connectivity index (χ2v) is 10.1. The van der Waals surface area contributed by atoms with E-state index in [0.717, 1.165) is 17.7 Å². The number of rotatable bonds is 10. The zero-order valence-electron chi connectivity index (χ0n) is 21.3. The van der Waals surface area contributed by atoms with Gasteiger partial charge in [0, 0.05) is 38.2 Å². The molecule has 1 saturated carbocycles. The Kier molecular flexibility index (Phi) is 8.03. The smallest absolute Gasteiger partial charge is 0.407 e. The molecule has 3 aromatic heterocycles. The van der Waals surface area contributed by atoms with Crippen molar-refractivity contribution in [3.05, 3.63) is 66.0 Å². The second kappa shape index (κ2) is 11.8. The van der Waals surface area contributed by atoms with Gasteiger partial charge in [0.05, 0.1) is 39.6 Å². The van der Waals surface area contributed by atoms with Crippen molar-refractivity contribution >= 4 is 39.4 Å². The number of nitrogens with zero attached hydrogens (tertiary/aromatic N) is 3. The Bertz CT molecular complexity index is 1540. The van der Waals surface area contributed by atoms with Crippen LogP contribution in [0.5, 0.6) is 11.5 Å². The SMILES string of the molecule is COCCN(Cc1ccc(-c2cc3nccc(Oc4ccc(NC(=O)NC5CC5)c(F)c4F)c3s2)nc1)C(=O)O. The van der Waals surface area contributed by atoms with Crippen molar-refractivity contribution in [2.75, 3.05) is 25.6 Å². The molecule has 0 radical (unpaired) electrons. The molecular weight excluding hydrogens is 544 g/mol. The average molecular weight is 570 g/mol. The number of anilines is 1. The number of pyridine rings is 2. The van der Waals surface area contributed by atoms with Crippen molar-refractivity contribution in [1.82, 2.24) is 20.2 Å². The van der Waals surface area contributed by atoms with Crippen molar-refractivity contribution in [2.24, 2.45) is 0 Å². The van der Waals surface area contributed by atoms with Gasteiger partial charge in [0.1, 0.15) is 5.75 Å². The number of urea groups is 1. The molecule has 3 N–H and O–H groups in total. The average Bonchev–Trinajstić information content (AvgIpc) is 3.64. The maximum atomic E-state index is 14.8. The van der Waals surface area contributed by atoms with Crippen molar-refractivity contribution in [3.8, 4) is 22.1 Å². The summed E-state index contributed by atoms with van der Waals surface area (Å²) in [7, 11) is 1.51. The number of thiophene rings is 1. The zero-order chi connectivity index (χ0) is 28.2. The maximum absolute atomic E-state index is 14.8. The van der Waals surface area contributed by atoms with Crippen LogP contribution in [-0.4, -0.2) is 58.4 Å². The predicted octanol–water partition coefficient (Wildman–Crippen LogP) is 5.84. The van der Waals surface area contributed by atoms with Crippen LogP contribution < -0.4 is 15.4 Å². The fourth-order valence-electron chi connectivity index (χ4n) is 3.85. The van der Waals surface area contributed by atoms with Gasteiger partial charge in [-0.15, -0.1) is 11.3 Å². The Balaban J connectivity index is 1.33. The molecule has 0 atom stereocenters. The van der Waals surface area contributed by atoms with E-state index in [1.54, 1.807) is 30.5 Å². The van der Waals surface area contributed by atoms with Crippen LogP contribution in [-0.2, 0) is 11.3 Å². The summed E-state index contributed by atoms with van der Waals surface area (Å²) in [5.74, 6) is -2.52. The van der Waals surface area contributed by atoms with Crippen LogP contribution in [0.15, 0.2) is 48.8 Å². The van der Waals surface area contributed by atoms with E-state index in [0.29, 0.717) is 21.5 Å². The third-order valence-electron chi connectivity index (χ3n) is 6.09. The van der Waals surface area contributed by atoms with Gasteiger partial charge < -0.3 is 30.1 Å². The molecule has 10 nitrogen and oxygen atoms in total. The minimum absolute atomic E-state index is 0.0711. The quantitative estimate of drug-likeness (QED) is 0.219. The molecule has 0 unspecified atom stereocenters. The van der Waals surface area contributed by atoms with Gasteiger partial charge in [-0.1, -0.05) is 6.07 Å². The predicted molar refractivity (Wildman–Crippen MR) is 145 cm³/mol. The normalized spacial score (nSPS) is 12.8. The molecule has 1 fully saturated rings. The summed E-state index contributed by atoms with van der Waals surface area (Å²) in [5, 5.41) is 14.4. The van der Waals surface area contributed by atoms with Crippen molar-refractivity contribution in [2.45, 2.75) is 25.4 Å². The first-order valence-corrected chi connectivity index (χ1v) is 13.2. The number of carboxylic acid groups (broad SMARTS) is 1. The molecule has 0 bridgehead atoms. The molecule has 208 valence electrons. The third-order valence-corrected chi connectivity index (χ3v) is 7.25. The number of benzene rings is 1. The minimum atomic E-state index is -1.23. The third kappa shape index (κ3) is 6.26. The lowest BCUT2D eigenvalue weighted by Gasteiger charge is -2.18. The number of carbonyl (C=O) groups excluding carboxylic acids is 1. The Hall–Kier alpha value is -4.36. The molecule has 1 aromatic carbocycles. The number of aromatic nitrogens is 2. The number of halogens is 2. The van der Waals surface area contributed by atoms with E-state index in [2.05, 4.69) is 20.6 Å². The Morgan fingerprint density at radius 3 is 2.65 bits per heavy atom. The summed E-state index contributed by atoms with van der Waals surface area (Å²) in [6, 6.07) is 8.89. The highest BCUT2D eigenvalue weighted by atomic mass is 32.1. The summed E-state index contributed by atoms with van der Waals surface area (Å²) in [5.41, 5.74) is 1.64. The monoisotopic (exact) mass is 569 g/mol. The topological polar surface area (TPSA) is 126 Å². The fourth-order valence-corrected chi connectivity index (χ4v) is 4.89. The first-order valence-electron chi connectivity index (χ1n) is 12.4. The van der Waals surface area contributed by atoms with Gasteiger partial charge in [-0.2, -0.15) is 4.39 Å².